The van der Waals surface area contributed by atoms with Crippen molar-refractivity contribution in [3.63, 3.8) is 0 Å². The molecule has 2 N–H and O–H groups in total. The molecule has 0 aromatic heterocycles. The molecule has 0 radical (unpaired) electrons. The molecule has 0 saturated carbocycles. The minimum atomic E-state index is -3.73. The van der Waals surface area contributed by atoms with Crippen LogP contribution in [0.25, 0.3) is 0 Å². The largest absolute Gasteiger partial charge is 0.369 e. The van der Waals surface area contributed by atoms with Gasteiger partial charge in [0, 0.05) is 44.1 Å². The first-order valence-corrected chi connectivity index (χ1v) is 12.8. The van der Waals surface area contributed by atoms with Crippen molar-refractivity contribution in [1.29, 1.82) is 0 Å². The Bertz CT molecular complexity index is 1190. The summed E-state index contributed by atoms with van der Waals surface area (Å²) in [4.78, 5) is 17.2. The molecule has 3 aromatic rings. The molecule has 1 fully saturated rings. The molecule has 8 heteroatoms. The average molecular weight is 479 g/mol. The smallest absolute Gasteiger partial charge is 0.241 e. The van der Waals surface area contributed by atoms with Gasteiger partial charge >= 0.3 is 0 Å². The molecule has 0 bridgehead atoms. The number of benzene rings is 3. The summed E-state index contributed by atoms with van der Waals surface area (Å²) in [7, 11) is -3.73. The quantitative estimate of drug-likeness (QED) is 0.520. The Hall–Kier alpha value is -3.20. The number of rotatable bonds is 8. The normalized spacial score (nSPS) is 14.7. The summed E-state index contributed by atoms with van der Waals surface area (Å²) in [6.07, 6.45) is 0. The van der Waals surface area contributed by atoms with Crippen LogP contribution in [0, 0.1) is 6.92 Å². The molecule has 0 spiro atoms. The van der Waals surface area contributed by atoms with E-state index in [-0.39, 0.29) is 11.4 Å². The number of carbonyl (C=O) groups is 1. The van der Waals surface area contributed by atoms with Crippen LogP contribution in [0.5, 0.6) is 0 Å². The zero-order valence-corrected chi connectivity index (χ0v) is 20.1. The average Bonchev–Trinajstić information content (AvgIpc) is 2.85. The third-order valence-electron chi connectivity index (χ3n) is 5.89. The SMILES string of the molecule is Cc1ccc(S(=O)(=O)NCC(=O)Nc2ccc(N3CCN(Cc4ccccc4)CC3)cc2)cc1. The first kappa shape index (κ1) is 23.9. The summed E-state index contributed by atoms with van der Waals surface area (Å²) in [5.41, 5.74) is 4.04. The van der Waals surface area contributed by atoms with Gasteiger partial charge in [0.1, 0.15) is 0 Å². The van der Waals surface area contributed by atoms with E-state index in [9.17, 15) is 13.2 Å². The van der Waals surface area contributed by atoms with Crippen LogP contribution in [0.15, 0.2) is 83.8 Å². The van der Waals surface area contributed by atoms with Crippen molar-refractivity contribution in [2.45, 2.75) is 18.4 Å². The summed E-state index contributed by atoms with van der Waals surface area (Å²) in [5, 5.41) is 2.75. The number of amides is 1. The monoisotopic (exact) mass is 478 g/mol. The molecule has 0 unspecified atom stereocenters. The Labute approximate surface area is 201 Å². The van der Waals surface area contributed by atoms with Gasteiger partial charge in [-0.05, 0) is 48.9 Å². The third-order valence-corrected chi connectivity index (χ3v) is 7.31. The zero-order chi connectivity index (χ0) is 24.0. The summed E-state index contributed by atoms with van der Waals surface area (Å²) in [6, 6.07) is 24.7. The Morgan fingerprint density at radius 3 is 2.15 bits per heavy atom. The van der Waals surface area contributed by atoms with Gasteiger partial charge in [-0.3, -0.25) is 9.69 Å². The molecule has 34 heavy (non-hydrogen) atoms. The maximum absolute atomic E-state index is 12.3. The van der Waals surface area contributed by atoms with Crippen molar-refractivity contribution in [1.82, 2.24) is 9.62 Å². The number of hydrogen-bond acceptors (Lipinski definition) is 5. The van der Waals surface area contributed by atoms with Crippen LogP contribution in [-0.4, -0.2) is 51.9 Å². The summed E-state index contributed by atoms with van der Waals surface area (Å²) < 4.78 is 27.0. The highest BCUT2D eigenvalue weighted by molar-refractivity contribution is 7.89. The van der Waals surface area contributed by atoms with Gasteiger partial charge in [-0.25, -0.2) is 13.1 Å². The van der Waals surface area contributed by atoms with Gasteiger partial charge in [-0.1, -0.05) is 48.0 Å². The maximum Gasteiger partial charge on any atom is 0.241 e. The second-order valence-corrected chi connectivity index (χ2v) is 10.2. The highest BCUT2D eigenvalue weighted by Gasteiger charge is 2.18. The van der Waals surface area contributed by atoms with E-state index in [0.29, 0.717) is 5.69 Å². The van der Waals surface area contributed by atoms with Gasteiger partial charge in [0.2, 0.25) is 15.9 Å². The standard InChI is InChI=1S/C26H30N4O3S/c1-21-7-13-25(14-8-21)34(32,33)27-19-26(31)28-23-9-11-24(12-10-23)30-17-15-29(16-18-30)20-22-5-3-2-4-6-22/h2-14,27H,15-20H2,1H3,(H,28,31). The fraction of sp³-hybridized carbons (Fsp3) is 0.269. The fourth-order valence-electron chi connectivity index (χ4n) is 3.93. The summed E-state index contributed by atoms with van der Waals surface area (Å²) in [5.74, 6) is -0.419. The predicted molar refractivity (Wildman–Crippen MR) is 135 cm³/mol. The van der Waals surface area contributed by atoms with Crippen LogP contribution in [0.2, 0.25) is 0 Å². The van der Waals surface area contributed by atoms with E-state index >= 15 is 0 Å². The highest BCUT2D eigenvalue weighted by atomic mass is 32.2. The van der Waals surface area contributed by atoms with E-state index in [0.717, 1.165) is 44.0 Å². The van der Waals surface area contributed by atoms with Crippen molar-refractivity contribution in [3.8, 4) is 0 Å². The van der Waals surface area contributed by atoms with E-state index in [1.807, 2.05) is 37.3 Å². The van der Waals surface area contributed by atoms with E-state index in [2.05, 4.69) is 44.1 Å². The number of sulfonamides is 1. The third kappa shape index (κ3) is 6.44. The van der Waals surface area contributed by atoms with E-state index in [1.54, 1.807) is 12.1 Å². The van der Waals surface area contributed by atoms with Crippen molar-refractivity contribution >= 4 is 27.3 Å². The Morgan fingerprint density at radius 2 is 1.50 bits per heavy atom. The highest BCUT2D eigenvalue weighted by Crippen LogP contribution is 2.20. The summed E-state index contributed by atoms with van der Waals surface area (Å²) >= 11 is 0. The second-order valence-electron chi connectivity index (χ2n) is 8.48. The van der Waals surface area contributed by atoms with Gasteiger partial charge in [0.25, 0.3) is 0 Å². The van der Waals surface area contributed by atoms with Gasteiger partial charge in [-0.15, -0.1) is 0 Å². The lowest BCUT2D eigenvalue weighted by Gasteiger charge is -2.36. The van der Waals surface area contributed by atoms with Crippen molar-refractivity contribution in [2.24, 2.45) is 0 Å². The molecule has 0 aliphatic carbocycles. The summed E-state index contributed by atoms with van der Waals surface area (Å²) in [6.45, 7) is 6.39. The number of hydrogen-bond donors (Lipinski definition) is 2. The molecular formula is C26H30N4O3S. The predicted octanol–water partition coefficient (Wildman–Crippen LogP) is 3.23. The van der Waals surface area contributed by atoms with Gasteiger partial charge < -0.3 is 10.2 Å². The van der Waals surface area contributed by atoms with Crippen molar-refractivity contribution in [2.75, 3.05) is 42.9 Å². The Morgan fingerprint density at radius 1 is 0.853 bits per heavy atom. The van der Waals surface area contributed by atoms with E-state index in [1.165, 1.54) is 17.7 Å². The fourth-order valence-corrected chi connectivity index (χ4v) is 4.91. The van der Waals surface area contributed by atoms with Crippen molar-refractivity contribution < 1.29 is 13.2 Å². The molecule has 1 heterocycles. The number of carbonyl (C=O) groups excluding carboxylic acids is 1. The number of piperazine rings is 1. The molecule has 1 aliphatic rings. The number of anilines is 2. The van der Waals surface area contributed by atoms with Crippen molar-refractivity contribution in [3.05, 3.63) is 90.0 Å². The number of nitrogens with one attached hydrogen (secondary N) is 2. The number of aryl methyl sites for hydroxylation is 1. The molecule has 4 rings (SSSR count). The molecule has 7 nitrogen and oxygen atoms in total. The first-order valence-electron chi connectivity index (χ1n) is 11.4. The van der Waals surface area contributed by atoms with E-state index < -0.39 is 15.9 Å². The molecule has 0 atom stereocenters. The van der Waals surface area contributed by atoms with Crippen LogP contribution in [0.4, 0.5) is 11.4 Å². The molecule has 1 amide bonds. The molecular weight excluding hydrogens is 448 g/mol. The zero-order valence-electron chi connectivity index (χ0n) is 19.3. The molecule has 178 valence electrons. The minimum Gasteiger partial charge on any atom is -0.369 e. The van der Waals surface area contributed by atoms with Gasteiger partial charge in [0.15, 0.2) is 0 Å². The molecule has 1 saturated heterocycles. The lowest BCUT2D eigenvalue weighted by Crippen LogP contribution is -2.45. The maximum atomic E-state index is 12.3. The van der Waals surface area contributed by atoms with E-state index in [4.69, 9.17) is 0 Å². The lowest BCUT2D eigenvalue weighted by molar-refractivity contribution is -0.115. The molecule has 3 aromatic carbocycles. The van der Waals surface area contributed by atoms with Gasteiger partial charge in [0.05, 0.1) is 11.4 Å². The first-order chi connectivity index (χ1) is 16.4. The Balaban J connectivity index is 1.24. The Kier molecular flexibility index (Phi) is 7.62. The van der Waals surface area contributed by atoms with Gasteiger partial charge in [-0.2, -0.15) is 0 Å². The second kappa shape index (κ2) is 10.8. The van der Waals surface area contributed by atoms with Crippen LogP contribution >= 0.6 is 0 Å². The number of nitrogens with zero attached hydrogens (tertiary/aromatic N) is 2. The van der Waals surface area contributed by atoms with Crippen LogP contribution in [0.1, 0.15) is 11.1 Å². The lowest BCUT2D eigenvalue weighted by atomic mass is 10.2. The van der Waals surface area contributed by atoms with Crippen LogP contribution in [0.3, 0.4) is 0 Å². The van der Waals surface area contributed by atoms with Crippen LogP contribution < -0.4 is 14.9 Å². The molecule has 1 aliphatic heterocycles. The minimum absolute atomic E-state index is 0.138. The topological polar surface area (TPSA) is 81.7 Å². The van der Waals surface area contributed by atoms with Crippen LogP contribution in [-0.2, 0) is 21.4 Å².